The molecule has 0 aromatic heterocycles. The molecule has 1 aliphatic heterocycles. The summed E-state index contributed by atoms with van der Waals surface area (Å²) in [6.07, 6.45) is 1.52. The van der Waals surface area contributed by atoms with Crippen LogP contribution in [-0.4, -0.2) is 29.9 Å². The largest absolute Gasteiger partial charge is 0.351 e. The van der Waals surface area contributed by atoms with Gasteiger partial charge in [-0.15, -0.1) is 0 Å². The summed E-state index contributed by atoms with van der Waals surface area (Å²) >= 11 is 0. The number of halogens is 1. The number of nitrogens with zero attached hydrogens (tertiary/aromatic N) is 1. The molecule has 6 heteroatoms. The van der Waals surface area contributed by atoms with Gasteiger partial charge in [0.15, 0.2) is 0 Å². The number of rotatable bonds is 5. The number of benzene rings is 2. The second-order valence-electron chi connectivity index (χ2n) is 7.54. The number of hydrogen-bond donors (Lipinski definition) is 2. The minimum atomic E-state index is -0.611. The third kappa shape index (κ3) is 5.09. The molecule has 1 fully saturated rings. The average molecular weight is 383 g/mol. The molecule has 1 atom stereocenters. The quantitative estimate of drug-likeness (QED) is 0.831. The molecule has 2 aromatic carbocycles. The van der Waals surface area contributed by atoms with Crippen molar-refractivity contribution in [3.05, 3.63) is 71.5 Å². The van der Waals surface area contributed by atoms with E-state index in [4.69, 9.17) is 0 Å². The lowest BCUT2D eigenvalue weighted by Gasteiger charge is -2.39. The summed E-state index contributed by atoms with van der Waals surface area (Å²) in [7, 11) is 0. The summed E-state index contributed by atoms with van der Waals surface area (Å²) in [6, 6.07) is 15.6. The molecule has 0 saturated carbocycles. The number of amides is 3. The van der Waals surface area contributed by atoms with Crippen LogP contribution < -0.4 is 10.6 Å². The fraction of sp³-hybridized carbons (Fsp3) is 0.364. The molecule has 0 unspecified atom stereocenters. The molecular formula is C22H26FN3O2. The first-order valence-corrected chi connectivity index (χ1v) is 9.56. The lowest BCUT2D eigenvalue weighted by molar-refractivity contribution is -0.132. The summed E-state index contributed by atoms with van der Waals surface area (Å²) in [5.74, 6) is -0.337. The second-order valence-corrected chi connectivity index (χ2v) is 7.54. The highest BCUT2D eigenvalue weighted by Crippen LogP contribution is 2.30. The predicted molar refractivity (Wildman–Crippen MR) is 106 cm³/mol. The SMILES string of the molecule is C[C@]1(C(=O)NCc2ccccc2)CCCN(C(=O)NCc2ccc(F)cc2)C1. The van der Waals surface area contributed by atoms with Crippen molar-refractivity contribution in [1.82, 2.24) is 15.5 Å². The van der Waals surface area contributed by atoms with Gasteiger partial charge >= 0.3 is 6.03 Å². The van der Waals surface area contributed by atoms with E-state index in [0.717, 1.165) is 24.0 Å². The molecule has 5 nitrogen and oxygen atoms in total. The first-order valence-electron chi connectivity index (χ1n) is 9.56. The summed E-state index contributed by atoms with van der Waals surface area (Å²) in [5.41, 5.74) is 1.26. The van der Waals surface area contributed by atoms with E-state index in [1.807, 2.05) is 37.3 Å². The molecule has 0 bridgehead atoms. The van der Waals surface area contributed by atoms with Gasteiger partial charge in [0.05, 0.1) is 5.41 Å². The Balaban J connectivity index is 1.53. The van der Waals surface area contributed by atoms with Crippen LogP contribution in [0.5, 0.6) is 0 Å². The molecule has 2 N–H and O–H groups in total. The first-order chi connectivity index (χ1) is 13.5. The molecule has 28 heavy (non-hydrogen) atoms. The highest BCUT2D eigenvalue weighted by atomic mass is 19.1. The van der Waals surface area contributed by atoms with Crippen molar-refractivity contribution in [2.45, 2.75) is 32.9 Å². The smallest absolute Gasteiger partial charge is 0.317 e. The number of carbonyl (C=O) groups is 2. The molecule has 0 aliphatic carbocycles. The van der Waals surface area contributed by atoms with Gasteiger partial charge in [-0.2, -0.15) is 0 Å². The van der Waals surface area contributed by atoms with Gasteiger partial charge in [-0.05, 0) is 43.0 Å². The number of piperidine rings is 1. The Morgan fingerprint density at radius 1 is 1.00 bits per heavy atom. The summed E-state index contributed by atoms with van der Waals surface area (Å²) < 4.78 is 13.0. The summed E-state index contributed by atoms with van der Waals surface area (Å²) in [4.78, 5) is 27.0. The van der Waals surface area contributed by atoms with Crippen LogP contribution in [0.15, 0.2) is 54.6 Å². The molecule has 0 spiro atoms. The maximum atomic E-state index is 13.0. The molecule has 3 rings (SSSR count). The zero-order chi connectivity index (χ0) is 20.0. The molecule has 3 amide bonds. The standard InChI is InChI=1S/C22H26FN3O2/c1-22(20(27)24-14-17-6-3-2-4-7-17)12-5-13-26(16-22)21(28)25-15-18-8-10-19(23)11-9-18/h2-4,6-11H,5,12-16H2,1H3,(H,24,27)(H,25,28)/t22-/m0/s1. The van der Waals surface area contributed by atoms with Crippen LogP contribution in [0.1, 0.15) is 30.9 Å². The lowest BCUT2D eigenvalue weighted by Crippen LogP contribution is -2.53. The van der Waals surface area contributed by atoms with Crippen LogP contribution >= 0.6 is 0 Å². The van der Waals surface area contributed by atoms with Gasteiger partial charge in [0.25, 0.3) is 0 Å². The maximum Gasteiger partial charge on any atom is 0.317 e. The topological polar surface area (TPSA) is 61.4 Å². The van der Waals surface area contributed by atoms with Gasteiger partial charge in [0, 0.05) is 26.2 Å². The van der Waals surface area contributed by atoms with Crippen LogP contribution in [-0.2, 0) is 17.9 Å². The number of likely N-dealkylation sites (tertiary alicyclic amines) is 1. The predicted octanol–water partition coefficient (Wildman–Crippen LogP) is 3.45. The molecule has 148 valence electrons. The van der Waals surface area contributed by atoms with Crippen LogP contribution in [0.25, 0.3) is 0 Å². The Hall–Kier alpha value is -2.89. The van der Waals surface area contributed by atoms with Gasteiger partial charge in [-0.25, -0.2) is 9.18 Å². The number of urea groups is 1. The highest BCUT2D eigenvalue weighted by Gasteiger charge is 2.39. The fourth-order valence-electron chi connectivity index (χ4n) is 3.48. The molecule has 0 radical (unpaired) electrons. The van der Waals surface area contributed by atoms with Gasteiger partial charge in [-0.1, -0.05) is 42.5 Å². The van der Waals surface area contributed by atoms with E-state index >= 15 is 0 Å². The van der Waals surface area contributed by atoms with Crippen molar-refractivity contribution in [2.75, 3.05) is 13.1 Å². The van der Waals surface area contributed by atoms with Crippen LogP contribution in [0.2, 0.25) is 0 Å². The molecular weight excluding hydrogens is 357 g/mol. The first kappa shape index (κ1) is 19.9. The summed E-state index contributed by atoms with van der Waals surface area (Å²) in [6.45, 7) is 3.71. The Morgan fingerprint density at radius 2 is 1.64 bits per heavy atom. The molecule has 2 aromatic rings. The maximum absolute atomic E-state index is 13.0. The molecule has 1 aliphatic rings. The molecule has 1 heterocycles. The third-order valence-corrected chi connectivity index (χ3v) is 5.18. The van der Waals surface area contributed by atoms with Crippen molar-refractivity contribution in [3.63, 3.8) is 0 Å². The van der Waals surface area contributed by atoms with E-state index < -0.39 is 5.41 Å². The van der Waals surface area contributed by atoms with Gasteiger partial charge in [0.2, 0.25) is 5.91 Å². The second kappa shape index (κ2) is 8.87. The van der Waals surface area contributed by atoms with E-state index in [1.165, 1.54) is 12.1 Å². The van der Waals surface area contributed by atoms with E-state index in [0.29, 0.717) is 26.2 Å². The zero-order valence-electron chi connectivity index (χ0n) is 16.1. The highest BCUT2D eigenvalue weighted by molar-refractivity contribution is 5.84. The Bertz CT molecular complexity index is 810. The van der Waals surface area contributed by atoms with Gasteiger partial charge < -0.3 is 15.5 Å². The van der Waals surface area contributed by atoms with Gasteiger partial charge in [0.1, 0.15) is 5.82 Å². The van der Waals surface area contributed by atoms with Crippen molar-refractivity contribution in [2.24, 2.45) is 5.41 Å². The Morgan fingerprint density at radius 3 is 2.36 bits per heavy atom. The minimum Gasteiger partial charge on any atom is -0.351 e. The summed E-state index contributed by atoms with van der Waals surface area (Å²) in [5, 5.41) is 5.85. The van der Waals surface area contributed by atoms with E-state index in [-0.39, 0.29) is 17.8 Å². The van der Waals surface area contributed by atoms with Crippen LogP contribution in [0, 0.1) is 11.2 Å². The monoisotopic (exact) mass is 383 g/mol. The fourth-order valence-corrected chi connectivity index (χ4v) is 3.48. The number of hydrogen-bond acceptors (Lipinski definition) is 2. The van der Waals surface area contributed by atoms with E-state index in [1.54, 1.807) is 17.0 Å². The van der Waals surface area contributed by atoms with E-state index in [2.05, 4.69) is 10.6 Å². The normalized spacial score (nSPS) is 19.1. The van der Waals surface area contributed by atoms with Crippen molar-refractivity contribution < 1.29 is 14.0 Å². The lowest BCUT2D eigenvalue weighted by atomic mass is 9.81. The number of nitrogens with one attached hydrogen (secondary N) is 2. The average Bonchev–Trinajstić information content (AvgIpc) is 2.72. The van der Waals surface area contributed by atoms with Crippen molar-refractivity contribution >= 4 is 11.9 Å². The minimum absolute atomic E-state index is 0.0348. The van der Waals surface area contributed by atoms with Crippen molar-refractivity contribution in [3.8, 4) is 0 Å². The zero-order valence-corrected chi connectivity index (χ0v) is 16.1. The van der Waals surface area contributed by atoms with E-state index in [9.17, 15) is 14.0 Å². The Labute approximate surface area is 164 Å². The molecule has 1 saturated heterocycles. The Kier molecular flexibility index (Phi) is 6.29. The van der Waals surface area contributed by atoms with Crippen LogP contribution in [0.4, 0.5) is 9.18 Å². The third-order valence-electron chi connectivity index (χ3n) is 5.18. The van der Waals surface area contributed by atoms with Crippen LogP contribution in [0.3, 0.4) is 0 Å². The van der Waals surface area contributed by atoms with Gasteiger partial charge in [-0.3, -0.25) is 4.79 Å². The number of carbonyl (C=O) groups excluding carboxylic acids is 2. The van der Waals surface area contributed by atoms with Crippen molar-refractivity contribution in [1.29, 1.82) is 0 Å².